The number of aliphatic carboxylic acids is 1. The lowest BCUT2D eigenvalue weighted by Gasteiger charge is -2.14. The molecule has 0 spiro atoms. The number of aliphatic hydroxyl groups excluding tert-OH is 1. The maximum atomic E-state index is 11.9. The number of aliphatic hydroxyl groups is 1. The smallest absolute Gasteiger partial charge is 0.326 e. The molecule has 1 aromatic carbocycles. The van der Waals surface area contributed by atoms with Gasteiger partial charge in [0.2, 0.25) is 0 Å². The molecule has 0 saturated heterocycles. The molecule has 0 aliphatic heterocycles. The van der Waals surface area contributed by atoms with E-state index in [-0.39, 0.29) is 24.3 Å². The second-order valence-electron chi connectivity index (χ2n) is 3.72. The summed E-state index contributed by atoms with van der Waals surface area (Å²) in [6.45, 7) is -0.338. The first-order valence-electron chi connectivity index (χ1n) is 5.47. The highest BCUT2D eigenvalue weighted by atomic mass is 35.5. The van der Waals surface area contributed by atoms with E-state index in [1.807, 2.05) is 0 Å². The van der Waals surface area contributed by atoms with Gasteiger partial charge in [-0.05, 0) is 18.2 Å². The number of methoxy groups -OCH3 is 1. The third-order valence-corrected chi connectivity index (χ3v) is 2.66. The van der Waals surface area contributed by atoms with Crippen LogP contribution < -0.4 is 10.1 Å². The van der Waals surface area contributed by atoms with Crippen molar-refractivity contribution >= 4 is 23.5 Å². The SMILES string of the molecule is COc1cc(Cl)ccc1C(=O)NC(CCO)C(=O)O. The third-order valence-electron chi connectivity index (χ3n) is 2.43. The first kappa shape index (κ1) is 15.3. The molecule has 1 unspecified atom stereocenters. The molecule has 7 heteroatoms. The average Bonchev–Trinajstić information content (AvgIpc) is 2.37. The number of hydrogen-bond donors (Lipinski definition) is 3. The second kappa shape index (κ2) is 6.96. The molecular weight excluding hydrogens is 274 g/mol. The first-order chi connectivity index (χ1) is 8.99. The Morgan fingerprint density at radius 1 is 1.47 bits per heavy atom. The van der Waals surface area contributed by atoms with Gasteiger partial charge in [0.25, 0.3) is 5.91 Å². The van der Waals surface area contributed by atoms with Crippen LogP contribution in [0, 0.1) is 0 Å². The number of halogens is 1. The van der Waals surface area contributed by atoms with Gasteiger partial charge in [-0.25, -0.2) is 4.79 Å². The maximum absolute atomic E-state index is 11.9. The van der Waals surface area contributed by atoms with Gasteiger partial charge < -0.3 is 20.3 Å². The third kappa shape index (κ3) is 4.11. The van der Waals surface area contributed by atoms with Gasteiger partial charge in [0, 0.05) is 18.1 Å². The van der Waals surface area contributed by atoms with Crippen molar-refractivity contribution < 1.29 is 24.5 Å². The number of carbonyl (C=O) groups excluding carboxylic acids is 1. The monoisotopic (exact) mass is 287 g/mol. The Bertz CT molecular complexity index is 477. The molecule has 0 heterocycles. The number of amides is 1. The van der Waals surface area contributed by atoms with Crippen molar-refractivity contribution in [2.75, 3.05) is 13.7 Å². The van der Waals surface area contributed by atoms with Gasteiger partial charge in [-0.15, -0.1) is 0 Å². The molecule has 3 N–H and O–H groups in total. The van der Waals surface area contributed by atoms with Gasteiger partial charge in [-0.1, -0.05) is 11.6 Å². The van der Waals surface area contributed by atoms with Crippen LogP contribution in [0.3, 0.4) is 0 Å². The molecule has 6 nitrogen and oxygen atoms in total. The predicted molar refractivity (Wildman–Crippen MR) is 68.6 cm³/mol. The molecule has 0 radical (unpaired) electrons. The van der Waals surface area contributed by atoms with E-state index in [2.05, 4.69) is 5.32 Å². The molecule has 1 amide bonds. The first-order valence-corrected chi connectivity index (χ1v) is 5.85. The highest BCUT2D eigenvalue weighted by Gasteiger charge is 2.21. The van der Waals surface area contributed by atoms with E-state index >= 15 is 0 Å². The summed E-state index contributed by atoms with van der Waals surface area (Å²) in [7, 11) is 1.38. The Kier molecular flexibility index (Phi) is 5.59. The van der Waals surface area contributed by atoms with Crippen LogP contribution in [-0.2, 0) is 4.79 Å². The summed E-state index contributed by atoms with van der Waals surface area (Å²) in [5, 5.41) is 20.3. The van der Waals surface area contributed by atoms with Crippen molar-refractivity contribution in [3.63, 3.8) is 0 Å². The van der Waals surface area contributed by atoms with Crippen LogP contribution >= 0.6 is 11.6 Å². The zero-order valence-corrected chi connectivity index (χ0v) is 11.0. The Morgan fingerprint density at radius 2 is 2.16 bits per heavy atom. The minimum Gasteiger partial charge on any atom is -0.496 e. The van der Waals surface area contributed by atoms with Crippen molar-refractivity contribution in [2.45, 2.75) is 12.5 Å². The molecule has 0 aliphatic carbocycles. The van der Waals surface area contributed by atoms with E-state index in [0.29, 0.717) is 5.02 Å². The zero-order chi connectivity index (χ0) is 14.4. The molecule has 104 valence electrons. The standard InChI is InChI=1S/C12H14ClNO5/c1-19-10-6-7(13)2-3-8(10)11(16)14-9(4-5-15)12(17)18/h2-3,6,9,15H,4-5H2,1H3,(H,14,16)(H,17,18). The largest absolute Gasteiger partial charge is 0.496 e. The van der Waals surface area contributed by atoms with Crippen molar-refractivity contribution in [1.82, 2.24) is 5.32 Å². The van der Waals surface area contributed by atoms with Gasteiger partial charge in [0.15, 0.2) is 0 Å². The number of ether oxygens (including phenoxy) is 1. The quantitative estimate of drug-likeness (QED) is 0.723. The lowest BCUT2D eigenvalue weighted by molar-refractivity contribution is -0.139. The number of carboxylic acid groups (broad SMARTS) is 1. The van der Waals surface area contributed by atoms with Crippen molar-refractivity contribution in [2.24, 2.45) is 0 Å². The number of carbonyl (C=O) groups is 2. The fraction of sp³-hybridized carbons (Fsp3) is 0.333. The Labute approximate surface area is 114 Å². The van der Waals surface area contributed by atoms with E-state index in [1.54, 1.807) is 0 Å². The van der Waals surface area contributed by atoms with Crippen molar-refractivity contribution in [3.05, 3.63) is 28.8 Å². The molecule has 0 saturated carbocycles. The summed E-state index contributed by atoms with van der Waals surface area (Å²) < 4.78 is 5.01. The van der Waals surface area contributed by atoms with Gasteiger partial charge in [-0.2, -0.15) is 0 Å². The summed E-state index contributed by atoms with van der Waals surface area (Å²) >= 11 is 5.77. The van der Waals surface area contributed by atoms with Crippen LogP contribution in [0.2, 0.25) is 5.02 Å². The molecule has 0 fully saturated rings. The summed E-state index contributed by atoms with van der Waals surface area (Å²) in [6.07, 6.45) is -0.0724. The van der Waals surface area contributed by atoms with E-state index < -0.39 is 17.9 Å². The summed E-state index contributed by atoms with van der Waals surface area (Å²) in [5.41, 5.74) is 0.177. The van der Waals surface area contributed by atoms with Crippen LogP contribution in [0.1, 0.15) is 16.8 Å². The number of nitrogens with one attached hydrogen (secondary N) is 1. The van der Waals surface area contributed by atoms with Crippen molar-refractivity contribution in [3.8, 4) is 5.75 Å². The van der Waals surface area contributed by atoms with Crippen molar-refractivity contribution in [1.29, 1.82) is 0 Å². The second-order valence-corrected chi connectivity index (χ2v) is 4.16. The number of rotatable bonds is 6. The minimum atomic E-state index is -1.21. The lowest BCUT2D eigenvalue weighted by Crippen LogP contribution is -2.41. The number of hydrogen-bond acceptors (Lipinski definition) is 4. The fourth-order valence-corrected chi connectivity index (χ4v) is 1.64. The van der Waals surface area contributed by atoms with E-state index in [0.717, 1.165) is 0 Å². The summed E-state index contributed by atoms with van der Waals surface area (Å²) in [5.74, 6) is -1.57. The number of benzene rings is 1. The highest BCUT2D eigenvalue weighted by Crippen LogP contribution is 2.23. The topological polar surface area (TPSA) is 95.9 Å². The molecule has 0 aromatic heterocycles. The minimum absolute atomic E-state index is 0.0724. The van der Waals surface area contributed by atoms with Gasteiger partial charge in [0.1, 0.15) is 11.8 Å². The van der Waals surface area contributed by atoms with E-state index in [9.17, 15) is 9.59 Å². The normalized spacial score (nSPS) is 11.7. The van der Waals surface area contributed by atoms with Crippen LogP contribution in [0.5, 0.6) is 5.75 Å². The maximum Gasteiger partial charge on any atom is 0.326 e. The molecule has 1 rings (SSSR count). The zero-order valence-electron chi connectivity index (χ0n) is 10.2. The number of carboxylic acids is 1. The molecule has 0 bridgehead atoms. The van der Waals surface area contributed by atoms with Gasteiger partial charge in [0.05, 0.1) is 12.7 Å². The Hall–Kier alpha value is -1.79. The summed E-state index contributed by atoms with van der Waals surface area (Å²) in [6, 6.07) is 3.24. The highest BCUT2D eigenvalue weighted by molar-refractivity contribution is 6.30. The van der Waals surface area contributed by atoms with Crippen LogP contribution in [0.4, 0.5) is 0 Å². The Morgan fingerprint density at radius 3 is 2.68 bits per heavy atom. The summed E-state index contributed by atoms with van der Waals surface area (Å²) in [4.78, 5) is 22.8. The molecule has 19 heavy (non-hydrogen) atoms. The molecule has 1 aromatic rings. The van der Waals surface area contributed by atoms with Crippen LogP contribution in [0.15, 0.2) is 18.2 Å². The lowest BCUT2D eigenvalue weighted by atomic mass is 10.1. The van der Waals surface area contributed by atoms with Gasteiger partial charge in [-0.3, -0.25) is 4.79 Å². The van der Waals surface area contributed by atoms with E-state index in [4.69, 9.17) is 26.6 Å². The molecule has 1 atom stereocenters. The predicted octanol–water partition coefficient (Wildman–Crippen LogP) is 0.914. The Balaban J connectivity index is 2.91. The van der Waals surface area contributed by atoms with Crippen LogP contribution in [0.25, 0.3) is 0 Å². The average molecular weight is 288 g/mol. The molecule has 0 aliphatic rings. The molecular formula is C12H14ClNO5. The van der Waals surface area contributed by atoms with E-state index in [1.165, 1.54) is 25.3 Å². The van der Waals surface area contributed by atoms with Crippen LogP contribution in [-0.4, -0.2) is 41.8 Å². The fourth-order valence-electron chi connectivity index (χ4n) is 1.48. The van der Waals surface area contributed by atoms with Gasteiger partial charge >= 0.3 is 5.97 Å².